The molecule has 11 aromatic rings. The normalized spacial score (nSPS) is 14.2. The third-order valence-electron chi connectivity index (χ3n) is 20.2. The molecule has 3 aliphatic rings. The van der Waals surface area contributed by atoms with Gasteiger partial charge in [-0.3, -0.25) is 0 Å². The van der Waals surface area contributed by atoms with Crippen molar-refractivity contribution < 1.29 is 4.74 Å². The first-order valence-corrected chi connectivity index (χ1v) is 33.7. The third-order valence-corrected chi connectivity index (χ3v) is 20.2. The lowest BCUT2D eigenvalue weighted by atomic mass is 9.34. The molecule has 93 heavy (non-hydrogen) atoms. The topological polar surface area (TPSA) is 15.7 Å². The summed E-state index contributed by atoms with van der Waals surface area (Å²) in [5.41, 5.74) is 30.5. The van der Waals surface area contributed by atoms with Gasteiger partial charge < -0.3 is 14.5 Å². The minimum absolute atomic E-state index is 0.0473. The SMILES string of the molecule is CC(C)(C)c1cc(-c2ccc3c(c2)Oc2cc(-c4ccc5c(c4)C(C)(C)c4ccccc4N5c4ccccc4)cc4c2B3c2ccc(-c3cc(C(C)(C)C)cc(C(C)(C)C)c3)cc2N4c2c(-c3ccccc3)cc(C(C)(C)C)cc2-c2ccccc2)cc(C(C)(C)C)c1. The van der Waals surface area contributed by atoms with Crippen molar-refractivity contribution in [3.8, 4) is 67.1 Å². The molecule has 3 heterocycles. The lowest BCUT2D eigenvalue weighted by Gasteiger charge is -2.43. The van der Waals surface area contributed by atoms with Crippen LogP contribution in [0.25, 0.3) is 55.6 Å². The molecule has 0 aliphatic carbocycles. The maximum absolute atomic E-state index is 7.76. The van der Waals surface area contributed by atoms with Gasteiger partial charge in [0.2, 0.25) is 0 Å². The van der Waals surface area contributed by atoms with Crippen LogP contribution in [0, 0.1) is 0 Å². The predicted octanol–water partition coefficient (Wildman–Crippen LogP) is 23.0. The molecule has 464 valence electrons. The summed E-state index contributed by atoms with van der Waals surface area (Å²) >= 11 is 0. The standard InChI is InChI=1S/C89H89BN2O/c1-84(2,3)64-43-61(44-65(52-64)85(4,5)6)59-37-40-74-78(48-59)92(83-70(56-29-21-18-22-30-56)54-68(88(13,14)15)55-71(83)57-31-23-19-24-32-57)79-49-63(58-39-42-77-73(47-58)89(16,17)72-35-27-28-36-76(72)91(77)69-33-25-20-26-34-69)51-81-82(79)90(74)75-41-38-60(50-80(75)93-81)62-45-66(86(7,8)9)53-67(46-62)87(10,11)12/h18-55H,1-17H3. The van der Waals surface area contributed by atoms with E-state index >= 15 is 0 Å². The van der Waals surface area contributed by atoms with Crippen LogP contribution >= 0.6 is 0 Å². The summed E-state index contributed by atoms with van der Waals surface area (Å²) in [7, 11) is 0. The van der Waals surface area contributed by atoms with Crippen LogP contribution in [-0.2, 0) is 32.5 Å². The Balaban J connectivity index is 1.10. The summed E-state index contributed by atoms with van der Waals surface area (Å²) in [5, 5.41) is 0. The molecule has 0 N–H and O–H groups in total. The molecule has 0 amide bonds. The molecule has 0 saturated heterocycles. The molecule has 0 atom stereocenters. The zero-order chi connectivity index (χ0) is 65.5. The molecule has 4 heteroatoms. The summed E-state index contributed by atoms with van der Waals surface area (Å²) < 4.78 is 7.76. The summed E-state index contributed by atoms with van der Waals surface area (Å²) in [6.07, 6.45) is 0. The fraction of sp³-hybridized carbons (Fsp3) is 0.258. The van der Waals surface area contributed by atoms with Crippen molar-refractivity contribution >= 4 is 57.2 Å². The number of ether oxygens (including phenoxy) is 1. The van der Waals surface area contributed by atoms with Gasteiger partial charge in [-0.05, 0) is 194 Å². The molecule has 14 rings (SSSR count). The van der Waals surface area contributed by atoms with E-state index in [9.17, 15) is 0 Å². The van der Waals surface area contributed by atoms with E-state index in [0.29, 0.717) is 0 Å². The first-order valence-electron chi connectivity index (χ1n) is 33.7. The van der Waals surface area contributed by atoms with Crippen LogP contribution in [0.1, 0.15) is 157 Å². The van der Waals surface area contributed by atoms with Crippen LogP contribution < -0.4 is 30.9 Å². The predicted molar refractivity (Wildman–Crippen MR) is 400 cm³/mol. The van der Waals surface area contributed by atoms with Crippen LogP contribution in [0.15, 0.2) is 231 Å². The number of para-hydroxylation sites is 2. The zero-order valence-electron chi connectivity index (χ0n) is 57.8. The highest BCUT2D eigenvalue weighted by molar-refractivity contribution is 6.99. The zero-order valence-corrected chi connectivity index (χ0v) is 57.8. The molecule has 0 spiro atoms. The fourth-order valence-electron chi connectivity index (χ4n) is 14.6. The highest BCUT2D eigenvalue weighted by Crippen LogP contribution is 2.55. The smallest absolute Gasteiger partial charge is 0.256 e. The Kier molecular flexibility index (Phi) is 14.5. The Morgan fingerprint density at radius 1 is 0.301 bits per heavy atom. The highest BCUT2D eigenvalue weighted by atomic mass is 16.5. The van der Waals surface area contributed by atoms with E-state index in [0.717, 1.165) is 73.0 Å². The van der Waals surface area contributed by atoms with Gasteiger partial charge in [0.05, 0.1) is 17.1 Å². The number of nitrogens with zero attached hydrogens (tertiary/aromatic N) is 2. The average Bonchev–Trinajstić information content (AvgIpc) is 0.703. The number of fused-ring (bicyclic) bond motifs is 6. The molecule has 0 fully saturated rings. The van der Waals surface area contributed by atoms with Gasteiger partial charge in [-0.1, -0.05) is 281 Å². The van der Waals surface area contributed by atoms with Crippen molar-refractivity contribution in [3.63, 3.8) is 0 Å². The molecule has 0 radical (unpaired) electrons. The van der Waals surface area contributed by atoms with Crippen molar-refractivity contribution in [2.24, 2.45) is 0 Å². The van der Waals surface area contributed by atoms with Crippen LogP contribution in [0.5, 0.6) is 11.5 Å². The Labute approximate surface area is 555 Å². The van der Waals surface area contributed by atoms with Crippen LogP contribution in [0.3, 0.4) is 0 Å². The molecule has 0 saturated carbocycles. The fourth-order valence-corrected chi connectivity index (χ4v) is 14.6. The van der Waals surface area contributed by atoms with E-state index in [1.807, 2.05) is 0 Å². The van der Waals surface area contributed by atoms with Gasteiger partial charge in [-0.15, -0.1) is 0 Å². The summed E-state index contributed by atoms with van der Waals surface area (Å²) in [4.78, 5) is 5.12. The van der Waals surface area contributed by atoms with Gasteiger partial charge in [-0.2, -0.15) is 0 Å². The second-order valence-electron chi connectivity index (χ2n) is 32.3. The Morgan fingerprint density at radius 2 is 0.710 bits per heavy atom. The van der Waals surface area contributed by atoms with Crippen molar-refractivity contribution in [3.05, 3.63) is 269 Å². The molecule has 3 nitrogen and oxygen atoms in total. The van der Waals surface area contributed by atoms with Crippen molar-refractivity contribution in [2.45, 2.75) is 150 Å². The lowest BCUT2D eigenvalue weighted by Crippen LogP contribution is -2.59. The Bertz CT molecular complexity index is 4620. The number of rotatable bonds is 7. The summed E-state index contributed by atoms with van der Waals surface area (Å²) in [6, 6.07) is 88.2. The Morgan fingerprint density at radius 3 is 1.24 bits per heavy atom. The van der Waals surface area contributed by atoms with Crippen LogP contribution in [0.4, 0.5) is 34.1 Å². The van der Waals surface area contributed by atoms with Gasteiger partial charge in [0.1, 0.15) is 11.5 Å². The minimum Gasteiger partial charge on any atom is -0.458 e. The van der Waals surface area contributed by atoms with Crippen molar-refractivity contribution in [1.82, 2.24) is 0 Å². The van der Waals surface area contributed by atoms with Crippen molar-refractivity contribution in [1.29, 1.82) is 0 Å². The van der Waals surface area contributed by atoms with Crippen molar-refractivity contribution in [2.75, 3.05) is 9.80 Å². The quantitative estimate of drug-likeness (QED) is 0.148. The van der Waals surface area contributed by atoms with E-state index in [4.69, 9.17) is 4.74 Å². The summed E-state index contributed by atoms with van der Waals surface area (Å²) in [6.45, 7) is 39.7. The molecule has 11 aromatic carbocycles. The molecule has 0 bridgehead atoms. The minimum atomic E-state index is -0.327. The monoisotopic (exact) mass is 1210 g/mol. The number of hydrogen-bond donors (Lipinski definition) is 0. The van der Waals surface area contributed by atoms with E-state index in [-0.39, 0.29) is 39.2 Å². The molecule has 3 aliphatic heterocycles. The Hall–Kier alpha value is -9.12. The number of benzene rings is 11. The third kappa shape index (κ3) is 10.9. The maximum atomic E-state index is 7.76. The first-order chi connectivity index (χ1) is 44.0. The van der Waals surface area contributed by atoms with E-state index < -0.39 is 0 Å². The molecular formula is C89H89BN2O. The van der Waals surface area contributed by atoms with Gasteiger partial charge in [0.25, 0.3) is 6.71 Å². The van der Waals surface area contributed by atoms with Gasteiger partial charge in [0.15, 0.2) is 0 Å². The average molecular weight is 1210 g/mol. The van der Waals surface area contributed by atoms with E-state index in [1.165, 1.54) is 83.6 Å². The van der Waals surface area contributed by atoms with Crippen LogP contribution in [0.2, 0.25) is 0 Å². The van der Waals surface area contributed by atoms with Gasteiger partial charge >= 0.3 is 0 Å². The second kappa shape index (κ2) is 22.0. The second-order valence-corrected chi connectivity index (χ2v) is 32.3. The molecular weight excluding hydrogens is 1120 g/mol. The largest absolute Gasteiger partial charge is 0.458 e. The maximum Gasteiger partial charge on any atom is 0.256 e. The lowest BCUT2D eigenvalue weighted by molar-refractivity contribution is 0.488. The number of hydrogen-bond acceptors (Lipinski definition) is 3. The highest BCUT2D eigenvalue weighted by Gasteiger charge is 2.45. The van der Waals surface area contributed by atoms with Crippen LogP contribution in [-0.4, -0.2) is 6.71 Å². The van der Waals surface area contributed by atoms with E-state index in [1.54, 1.807) is 0 Å². The summed E-state index contributed by atoms with van der Waals surface area (Å²) in [5.74, 6) is 1.75. The molecule has 0 unspecified atom stereocenters. The number of anilines is 6. The van der Waals surface area contributed by atoms with E-state index in [2.05, 4.69) is 358 Å². The van der Waals surface area contributed by atoms with Gasteiger partial charge in [-0.25, -0.2) is 0 Å². The molecule has 0 aromatic heterocycles. The first kappa shape index (κ1) is 61.4. The van der Waals surface area contributed by atoms with Gasteiger partial charge in [0, 0.05) is 33.6 Å².